The van der Waals surface area contributed by atoms with Gasteiger partial charge in [0, 0.05) is 37.4 Å². The molecule has 0 bridgehead atoms. The first-order valence-corrected chi connectivity index (χ1v) is 9.73. The number of rotatable bonds is 5. The SMILES string of the molecule is Cc1cnc(C2CCCN2Cc2ccccc2C(F)(F)F)n1Cc1ccncc1. The van der Waals surface area contributed by atoms with E-state index in [0.717, 1.165) is 42.5 Å². The van der Waals surface area contributed by atoms with Crippen LogP contribution in [0, 0.1) is 6.92 Å². The molecule has 3 aromatic rings. The van der Waals surface area contributed by atoms with Gasteiger partial charge in [-0.05, 0) is 55.6 Å². The lowest BCUT2D eigenvalue weighted by atomic mass is 10.1. The van der Waals surface area contributed by atoms with Crippen LogP contribution in [0.2, 0.25) is 0 Å². The molecule has 7 heteroatoms. The summed E-state index contributed by atoms with van der Waals surface area (Å²) in [5.41, 5.74) is 1.92. The average molecular weight is 400 g/mol. The maximum absolute atomic E-state index is 13.4. The van der Waals surface area contributed by atoms with E-state index in [9.17, 15) is 13.2 Å². The number of nitrogens with zero attached hydrogens (tertiary/aromatic N) is 4. The largest absolute Gasteiger partial charge is 0.416 e. The van der Waals surface area contributed by atoms with Crippen molar-refractivity contribution in [1.82, 2.24) is 19.4 Å². The van der Waals surface area contributed by atoms with Gasteiger partial charge in [-0.15, -0.1) is 0 Å². The molecule has 152 valence electrons. The van der Waals surface area contributed by atoms with Crippen molar-refractivity contribution < 1.29 is 13.2 Å². The van der Waals surface area contributed by atoms with Gasteiger partial charge in [-0.1, -0.05) is 18.2 Å². The molecule has 4 rings (SSSR count). The number of hydrogen-bond donors (Lipinski definition) is 0. The monoisotopic (exact) mass is 400 g/mol. The van der Waals surface area contributed by atoms with Gasteiger partial charge in [0.1, 0.15) is 5.82 Å². The van der Waals surface area contributed by atoms with E-state index in [1.165, 1.54) is 6.07 Å². The lowest BCUT2D eigenvalue weighted by Crippen LogP contribution is -2.27. The smallest absolute Gasteiger partial charge is 0.327 e. The van der Waals surface area contributed by atoms with Crippen LogP contribution in [0.3, 0.4) is 0 Å². The number of hydrogen-bond acceptors (Lipinski definition) is 3. The Labute approximate surface area is 168 Å². The number of imidazole rings is 1. The Bertz CT molecular complexity index is 966. The predicted octanol–water partition coefficient (Wildman–Crippen LogP) is 4.99. The first-order valence-electron chi connectivity index (χ1n) is 9.73. The molecule has 1 aliphatic heterocycles. The van der Waals surface area contributed by atoms with E-state index >= 15 is 0 Å². The van der Waals surface area contributed by atoms with Crippen LogP contribution in [0.4, 0.5) is 13.2 Å². The Morgan fingerprint density at radius 1 is 1.07 bits per heavy atom. The number of aromatic nitrogens is 3. The zero-order valence-corrected chi connectivity index (χ0v) is 16.2. The van der Waals surface area contributed by atoms with Crippen LogP contribution < -0.4 is 0 Å². The fraction of sp³-hybridized carbons (Fsp3) is 0.364. The lowest BCUT2D eigenvalue weighted by Gasteiger charge is -2.26. The predicted molar refractivity (Wildman–Crippen MR) is 104 cm³/mol. The third-order valence-corrected chi connectivity index (χ3v) is 5.53. The minimum atomic E-state index is -4.35. The summed E-state index contributed by atoms with van der Waals surface area (Å²) >= 11 is 0. The van der Waals surface area contributed by atoms with E-state index in [-0.39, 0.29) is 12.6 Å². The van der Waals surface area contributed by atoms with E-state index in [2.05, 4.69) is 19.4 Å². The molecule has 0 N–H and O–H groups in total. The Kier molecular flexibility index (Phi) is 5.41. The van der Waals surface area contributed by atoms with E-state index in [1.54, 1.807) is 24.5 Å². The van der Waals surface area contributed by atoms with Crippen LogP contribution in [0.5, 0.6) is 0 Å². The van der Waals surface area contributed by atoms with E-state index in [4.69, 9.17) is 0 Å². The molecule has 3 heterocycles. The van der Waals surface area contributed by atoms with Gasteiger partial charge in [0.05, 0.1) is 11.6 Å². The van der Waals surface area contributed by atoms with Gasteiger partial charge < -0.3 is 4.57 Å². The van der Waals surface area contributed by atoms with Crippen molar-refractivity contribution in [3.8, 4) is 0 Å². The van der Waals surface area contributed by atoms with Crippen molar-refractivity contribution in [2.24, 2.45) is 0 Å². The second-order valence-electron chi connectivity index (χ2n) is 7.48. The van der Waals surface area contributed by atoms with Gasteiger partial charge in [0.25, 0.3) is 0 Å². The minimum absolute atomic E-state index is 0.00632. The summed E-state index contributed by atoms with van der Waals surface area (Å²) in [6, 6.07) is 9.79. The number of halogens is 3. The maximum atomic E-state index is 13.4. The summed E-state index contributed by atoms with van der Waals surface area (Å²) < 4.78 is 42.4. The summed E-state index contributed by atoms with van der Waals surface area (Å²) in [4.78, 5) is 10.8. The molecule has 0 spiro atoms. The number of pyridine rings is 1. The normalized spacial score (nSPS) is 17.7. The van der Waals surface area contributed by atoms with Gasteiger partial charge in [0.15, 0.2) is 0 Å². The van der Waals surface area contributed by atoms with Gasteiger partial charge in [-0.2, -0.15) is 13.2 Å². The summed E-state index contributed by atoms with van der Waals surface area (Å²) in [6.45, 7) is 3.71. The van der Waals surface area contributed by atoms with Crippen LogP contribution in [0.1, 0.15) is 47.1 Å². The standard InChI is InChI=1S/C22H23F3N4/c1-16-13-27-21(29(16)14-17-8-10-26-11-9-17)20-7-4-12-28(20)15-18-5-2-3-6-19(18)22(23,24)25/h2-3,5-6,8-11,13,20H,4,7,12,14-15H2,1H3. The number of alkyl halides is 3. The molecule has 29 heavy (non-hydrogen) atoms. The van der Waals surface area contributed by atoms with Crippen molar-refractivity contribution in [3.63, 3.8) is 0 Å². The fourth-order valence-corrected chi connectivity index (χ4v) is 4.08. The zero-order valence-electron chi connectivity index (χ0n) is 16.2. The van der Waals surface area contributed by atoms with Crippen molar-refractivity contribution in [1.29, 1.82) is 0 Å². The van der Waals surface area contributed by atoms with E-state index in [0.29, 0.717) is 12.1 Å². The Morgan fingerprint density at radius 2 is 1.83 bits per heavy atom. The maximum Gasteiger partial charge on any atom is 0.416 e. The van der Waals surface area contributed by atoms with Crippen molar-refractivity contribution in [2.45, 2.75) is 45.1 Å². The summed E-state index contributed by atoms with van der Waals surface area (Å²) in [5, 5.41) is 0. The molecule has 1 unspecified atom stereocenters. The highest BCUT2D eigenvalue weighted by atomic mass is 19.4. The quantitative estimate of drug-likeness (QED) is 0.605. The molecule has 1 saturated heterocycles. The zero-order chi connectivity index (χ0) is 20.4. The second-order valence-corrected chi connectivity index (χ2v) is 7.48. The van der Waals surface area contributed by atoms with E-state index in [1.807, 2.05) is 25.3 Å². The molecule has 2 aromatic heterocycles. The molecule has 0 radical (unpaired) electrons. The molecule has 1 fully saturated rings. The second kappa shape index (κ2) is 7.99. The Hall–Kier alpha value is -2.67. The van der Waals surface area contributed by atoms with Gasteiger partial charge in [-0.3, -0.25) is 9.88 Å². The molecule has 0 saturated carbocycles. The molecule has 1 atom stereocenters. The summed E-state index contributed by atoms with van der Waals surface area (Å²) in [7, 11) is 0. The Balaban J connectivity index is 1.61. The van der Waals surface area contributed by atoms with Crippen LogP contribution >= 0.6 is 0 Å². The summed E-state index contributed by atoms with van der Waals surface area (Å²) in [5.74, 6) is 0.918. The van der Waals surface area contributed by atoms with Gasteiger partial charge in [0.2, 0.25) is 0 Å². The fourth-order valence-electron chi connectivity index (χ4n) is 4.08. The van der Waals surface area contributed by atoms with Crippen molar-refractivity contribution >= 4 is 0 Å². The van der Waals surface area contributed by atoms with Crippen LogP contribution in [0.25, 0.3) is 0 Å². The number of likely N-dealkylation sites (tertiary alicyclic amines) is 1. The average Bonchev–Trinajstić information content (AvgIpc) is 3.29. The molecule has 0 amide bonds. The first-order chi connectivity index (χ1) is 13.9. The summed E-state index contributed by atoms with van der Waals surface area (Å²) in [6.07, 6.45) is 2.86. The molecular formula is C22H23F3N4. The molecular weight excluding hydrogens is 377 g/mol. The van der Waals surface area contributed by atoms with E-state index < -0.39 is 11.7 Å². The van der Waals surface area contributed by atoms with Crippen LogP contribution in [0.15, 0.2) is 55.0 Å². The van der Waals surface area contributed by atoms with Crippen LogP contribution in [-0.2, 0) is 19.3 Å². The first kappa shape index (κ1) is 19.6. The topological polar surface area (TPSA) is 34.0 Å². The van der Waals surface area contributed by atoms with Gasteiger partial charge >= 0.3 is 6.18 Å². The molecule has 0 aliphatic carbocycles. The lowest BCUT2D eigenvalue weighted by molar-refractivity contribution is -0.138. The number of aryl methyl sites for hydroxylation is 1. The van der Waals surface area contributed by atoms with Crippen molar-refractivity contribution in [3.05, 3.63) is 83.2 Å². The highest BCUT2D eigenvalue weighted by Gasteiger charge is 2.35. The third-order valence-electron chi connectivity index (χ3n) is 5.53. The molecule has 1 aliphatic rings. The number of benzene rings is 1. The highest BCUT2D eigenvalue weighted by molar-refractivity contribution is 5.30. The highest BCUT2D eigenvalue weighted by Crippen LogP contribution is 2.37. The van der Waals surface area contributed by atoms with Crippen LogP contribution in [-0.4, -0.2) is 26.0 Å². The Morgan fingerprint density at radius 3 is 2.59 bits per heavy atom. The minimum Gasteiger partial charge on any atom is -0.327 e. The molecule has 4 nitrogen and oxygen atoms in total. The molecule has 1 aromatic carbocycles. The van der Waals surface area contributed by atoms with Gasteiger partial charge in [-0.25, -0.2) is 4.98 Å². The third kappa shape index (κ3) is 4.19. The van der Waals surface area contributed by atoms with Crippen molar-refractivity contribution in [2.75, 3.05) is 6.54 Å².